The number of carbonyl (C=O) groups is 3. The minimum absolute atomic E-state index is 0.00285. The van der Waals surface area contributed by atoms with E-state index in [1.54, 1.807) is 26.0 Å². The maximum absolute atomic E-state index is 15.3. The third-order valence-corrected chi connectivity index (χ3v) is 16.1. The van der Waals surface area contributed by atoms with Crippen LogP contribution in [0.1, 0.15) is 94.4 Å². The number of methoxy groups -OCH3 is 1. The van der Waals surface area contributed by atoms with Gasteiger partial charge in [0, 0.05) is 42.4 Å². The molecule has 19 unspecified atom stereocenters. The monoisotopic (exact) mass is 913 g/mol. The van der Waals surface area contributed by atoms with Gasteiger partial charge in [0.25, 0.3) is 0 Å². The number of aliphatic hydroxyl groups excluding tert-OH is 4. The van der Waals surface area contributed by atoms with Crippen LogP contribution in [-0.2, 0) is 38.0 Å². The molecule has 0 radical (unpaired) electrons. The SMILES string of the molecule is COC(=O)NC1C(C)OC(OC2CC=C(C)C3C=CC4C(OC5CC(O)C(O)C(C)O5)C(C)CC(C)C4C3(C)C(O)=C3C(=O)OC4(CC(C)C(CO)=CC4C=C2C)C3=O)CC1(C)N([O-])O. The molecular formula is C48H69N2O15-. The summed E-state index contributed by atoms with van der Waals surface area (Å²) in [7, 11) is 1.19. The molecule has 6 N–H and O–H groups in total. The van der Waals surface area contributed by atoms with Gasteiger partial charge in [-0.15, -0.1) is 0 Å². The summed E-state index contributed by atoms with van der Waals surface area (Å²) in [5.74, 6) is -4.53. The molecule has 65 heavy (non-hydrogen) atoms. The fourth-order valence-electron chi connectivity index (χ4n) is 12.6. The molecule has 7 aliphatic rings. The molecule has 0 aromatic carbocycles. The number of fused-ring (bicyclic) bond motifs is 4. The first-order valence-electron chi connectivity index (χ1n) is 23.1. The number of carbonyl (C=O) groups excluding carboxylic acids is 3. The van der Waals surface area contributed by atoms with Gasteiger partial charge in [0.2, 0.25) is 5.78 Å². The van der Waals surface area contributed by atoms with Crippen molar-refractivity contribution in [3.63, 3.8) is 0 Å². The second-order valence-corrected chi connectivity index (χ2v) is 20.4. The zero-order chi connectivity index (χ0) is 47.7. The van der Waals surface area contributed by atoms with E-state index in [4.69, 9.17) is 28.4 Å². The van der Waals surface area contributed by atoms with Gasteiger partial charge in [0.05, 0.1) is 55.8 Å². The molecule has 2 bridgehead atoms. The molecule has 3 saturated heterocycles. The summed E-state index contributed by atoms with van der Waals surface area (Å²) >= 11 is 0. The summed E-state index contributed by atoms with van der Waals surface area (Å²) in [6.45, 7) is 16.2. The maximum Gasteiger partial charge on any atom is 0.407 e. The summed E-state index contributed by atoms with van der Waals surface area (Å²) in [5.41, 5.74) is -2.96. The lowest BCUT2D eigenvalue weighted by atomic mass is 9.49. The van der Waals surface area contributed by atoms with Crippen LogP contribution in [0.4, 0.5) is 4.79 Å². The van der Waals surface area contributed by atoms with Crippen LogP contribution in [0.25, 0.3) is 0 Å². The Balaban J connectivity index is 1.34. The molecule has 362 valence electrons. The predicted octanol–water partition coefficient (Wildman–Crippen LogP) is 5.07. The lowest BCUT2D eigenvalue weighted by molar-refractivity contribution is -0.277. The van der Waals surface area contributed by atoms with E-state index in [1.165, 1.54) is 14.0 Å². The summed E-state index contributed by atoms with van der Waals surface area (Å²) in [5, 5.41) is 70.2. The van der Waals surface area contributed by atoms with E-state index >= 15 is 4.79 Å². The summed E-state index contributed by atoms with van der Waals surface area (Å²) < 4.78 is 36.9. The Bertz CT molecular complexity index is 2000. The fourth-order valence-corrected chi connectivity index (χ4v) is 12.6. The van der Waals surface area contributed by atoms with Crippen LogP contribution in [0.5, 0.6) is 0 Å². The lowest BCUT2D eigenvalue weighted by Crippen LogP contribution is -2.67. The number of hydrogen-bond donors (Lipinski definition) is 6. The van der Waals surface area contributed by atoms with Gasteiger partial charge in [-0.1, -0.05) is 63.6 Å². The molecule has 3 aliphatic heterocycles. The fraction of sp³-hybridized carbons (Fsp3) is 0.729. The van der Waals surface area contributed by atoms with Gasteiger partial charge in [-0.3, -0.25) is 10.0 Å². The number of aliphatic hydroxyl groups is 4. The highest BCUT2D eigenvalue weighted by molar-refractivity contribution is 6.26. The average molecular weight is 914 g/mol. The molecule has 17 heteroatoms. The Labute approximate surface area is 381 Å². The van der Waals surface area contributed by atoms with Crippen LogP contribution in [0.3, 0.4) is 0 Å². The smallest absolute Gasteiger partial charge is 0.407 e. The van der Waals surface area contributed by atoms with Crippen molar-refractivity contribution in [2.45, 2.75) is 161 Å². The summed E-state index contributed by atoms with van der Waals surface area (Å²) in [6.07, 6.45) is 2.95. The van der Waals surface area contributed by atoms with Crippen molar-refractivity contribution in [1.82, 2.24) is 10.5 Å². The van der Waals surface area contributed by atoms with Crippen molar-refractivity contribution in [2.75, 3.05) is 13.7 Å². The highest BCUT2D eigenvalue weighted by Gasteiger charge is 2.63. The van der Waals surface area contributed by atoms with E-state index < -0.39 is 113 Å². The molecule has 4 aliphatic carbocycles. The highest BCUT2D eigenvalue weighted by Crippen LogP contribution is 2.61. The van der Waals surface area contributed by atoms with Crippen molar-refractivity contribution < 1.29 is 68.4 Å². The topological polar surface area (TPSA) is 246 Å². The van der Waals surface area contributed by atoms with Crippen molar-refractivity contribution in [2.24, 2.45) is 46.8 Å². The molecule has 4 fully saturated rings. The molecule has 17 nitrogen and oxygen atoms in total. The zero-order valence-electron chi connectivity index (χ0n) is 39.1. The third-order valence-electron chi connectivity index (χ3n) is 16.1. The number of allylic oxidation sites excluding steroid dienone is 3. The van der Waals surface area contributed by atoms with Gasteiger partial charge >= 0.3 is 12.1 Å². The maximum atomic E-state index is 15.3. The van der Waals surface area contributed by atoms with Crippen molar-refractivity contribution >= 4 is 17.8 Å². The zero-order valence-corrected chi connectivity index (χ0v) is 39.1. The van der Waals surface area contributed by atoms with Gasteiger partial charge in [-0.25, -0.2) is 9.59 Å². The Morgan fingerprint density at radius 2 is 1.65 bits per heavy atom. The largest absolute Gasteiger partial charge is 0.762 e. The number of alkyl carbamates (subject to hydrolysis) is 1. The number of ketones is 1. The van der Waals surface area contributed by atoms with E-state index in [9.17, 15) is 40.4 Å². The van der Waals surface area contributed by atoms with Crippen molar-refractivity contribution in [3.05, 3.63) is 63.6 Å². The van der Waals surface area contributed by atoms with Gasteiger partial charge in [-0.05, 0) is 82.3 Å². The van der Waals surface area contributed by atoms with E-state index in [2.05, 4.69) is 25.2 Å². The number of esters is 1. The number of amides is 1. The molecule has 7 rings (SSSR count). The second-order valence-electron chi connectivity index (χ2n) is 20.4. The lowest BCUT2D eigenvalue weighted by Gasteiger charge is -2.56. The molecule has 1 spiro atoms. The van der Waals surface area contributed by atoms with Crippen LogP contribution < -0.4 is 5.32 Å². The first-order chi connectivity index (χ1) is 30.5. The Morgan fingerprint density at radius 1 is 0.954 bits per heavy atom. The summed E-state index contributed by atoms with van der Waals surface area (Å²) in [6, 6.07) is -0.993. The highest BCUT2D eigenvalue weighted by atomic mass is 16.8. The number of hydroxylamine groups is 2. The van der Waals surface area contributed by atoms with Gasteiger partial charge < -0.3 is 64.6 Å². The first kappa shape index (κ1) is 49.4. The minimum Gasteiger partial charge on any atom is -0.762 e. The van der Waals surface area contributed by atoms with E-state index in [1.807, 2.05) is 39.8 Å². The number of hydrogen-bond acceptors (Lipinski definition) is 16. The molecule has 0 aromatic rings. The van der Waals surface area contributed by atoms with Gasteiger partial charge in [-0.2, -0.15) is 0 Å². The normalized spacial score (nSPS) is 45.7. The van der Waals surface area contributed by atoms with E-state index in [0.29, 0.717) is 17.6 Å². The Kier molecular flexibility index (Phi) is 14.1. The van der Waals surface area contributed by atoms with Gasteiger partial charge in [0.15, 0.2) is 18.2 Å². The van der Waals surface area contributed by atoms with E-state index in [0.717, 1.165) is 5.57 Å². The van der Waals surface area contributed by atoms with Crippen LogP contribution in [0.15, 0.2) is 58.4 Å². The standard InChI is InChI=1S/C48H69N2O15/c1-22-11-14-34(63-36-20-46(8,50(58)59)41(28(7)62-36)49-45(57)60-10)23(2)16-30-17-29(21-51)26(5)19-48(30)43(55)37(44(56)65-48)42(54)47(9)32(22)13-12-31-38(47)24(3)15-25(4)40(31)64-35-18-33(52)39(53)27(6)61-35/h11-13,16-17,24-28,30-36,38-41,51-54,58H,14-15,18-21H2,1-10H3,(H,49,57)/q-1. The van der Waals surface area contributed by atoms with Crippen molar-refractivity contribution in [1.29, 1.82) is 0 Å². The minimum atomic E-state index is -1.77. The Morgan fingerprint density at radius 3 is 2.29 bits per heavy atom. The first-order valence-corrected chi connectivity index (χ1v) is 23.1. The Hall–Kier alpha value is -3.49. The van der Waals surface area contributed by atoms with E-state index in [-0.39, 0.29) is 66.9 Å². The van der Waals surface area contributed by atoms with Crippen molar-refractivity contribution in [3.8, 4) is 0 Å². The molecule has 19 atom stereocenters. The molecule has 1 amide bonds. The number of Topliss-reactive ketones (excluding diaryl/α,β-unsaturated/α-hetero) is 1. The molecule has 1 saturated carbocycles. The molecule has 0 aromatic heterocycles. The number of ether oxygens (including phenoxy) is 6. The van der Waals surface area contributed by atoms with Crippen LogP contribution >= 0.6 is 0 Å². The number of nitrogens with zero attached hydrogens (tertiary/aromatic N) is 1. The molecular weight excluding hydrogens is 845 g/mol. The number of nitrogens with one attached hydrogen (secondary N) is 1. The summed E-state index contributed by atoms with van der Waals surface area (Å²) in [4.78, 5) is 42.0. The number of rotatable bonds is 7. The van der Waals surface area contributed by atoms with Gasteiger partial charge in [0.1, 0.15) is 17.4 Å². The quantitative estimate of drug-likeness (QED) is 0.0845. The predicted molar refractivity (Wildman–Crippen MR) is 233 cm³/mol. The molecule has 3 heterocycles. The van der Waals surface area contributed by atoms with Crippen LogP contribution in [0.2, 0.25) is 0 Å². The second kappa shape index (κ2) is 18.5. The third kappa shape index (κ3) is 8.57. The van der Waals surface area contributed by atoms with Crippen LogP contribution in [0, 0.1) is 52.0 Å². The average Bonchev–Trinajstić information content (AvgIpc) is 3.48. The van der Waals surface area contributed by atoms with Crippen LogP contribution in [-0.4, -0.2) is 129 Å².